The van der Waals surface area contributed by atoms with E-state index < -0.39 is 18.1 Å². The van der Waals surface area contributed by atoms with Crippen LogP contribution in [0.4, 0.5) is 0 Å². The molecule has 2 aromatic heterocycles. The van der Waals surface area contributed by atoms with E-state index >= 15 is 0 Å². The summed E-state index contributed by atoms with van der Waals surface area (Å²) in [6.45, 7) is 1.95. The number of aryl methyl sites for hydroxylation is 1. The molecule has 2 aromatic rings. The van der Waals surface area contributed by atoms with Crippen molar-refractivity contribution in [1.29, 1.82) is 0 Å². The van der Waals surface area contributed by atoms with E-state index in [1.807, 2.05) is 22.9 Å². The topological polar surface area (TPSA) is 95.1 Å². The molecule has 0 aliphatic carbocycles. The molecule has 1 saturated heterocycles. The van der Waals surface area contributed by atoms with Gasteiger partial charge in [0.1, 0.15) is 6.04 Å². The third-order valence-corrected chi connectivity index (χ3v) is 4.51. The van der Waals surface area contributed by atoms with E-state index in [2.05, 4.69) is 4.98 Å². The Morgan fingerprint density at radius 3 is 3.00 bits per heavy atom. The van der Waals surface area contributed by atoms with Gasteiger partial charge in [0.2, 0.25) is 5.91 Å². The number of aliphatic hydroxyl groups is 1. The highest BCUT2D eigenvalue weighted by Crippen LogP contribution is 2.22. The summed E-state index contributed by atoms with van der Waals surface area (Å²) in [5, 5.41) is 20.6. The largest absolute Gasteiger partial charge is 0.480 e. The highest BCUT2D eigenvalue weighted by Gasteiger charge is 2.38. The van der Waals surface area contributed by atoms with Crippen LogP contribution < -0.4 is 0 Å². The summed E-state index contributed by atoms with van der Waals surface area (Å²) < 4.78 is 1.85. The van der Waals surface area contributed by atoms with E-state index in [0.29, 0.717) is 0 Å². The molecule has 0 aromatic carbocycles. The van der Waals surface area contributed by atoms with E-state index in [9.17, 15) is 14.7 Å². The predicted molar refractivity (Wildman–Crippen MR) is 75.3 cm³/mol. The second-order valence-corrected chi connectivity index (χ2v) is 6.06. The molecule has 1 unspecified atom stereocenters. The van der Waals surface area contributed by atoms with Crippen molar-refractivity contribution in [3.63, 3.8) is 0 Å². The minimum atomic E-state index is -1.08. The summed E-state index contributed by atoms with van der Waals surface area (Å²) in [5.41, 5.74) is 1.65. The Hall–Kier alpha value is -1.93. The smallest absolute Gasteiger partial charge is 0.326 e. The Morgan fingerprint density at radius 1 is 1.52 bits per heavy atom. The highest BCUT2D eigenvalue weighted by atomic mass is 32.1. The molecule has 0 spiro atoms. The first-order valence-corrected chi connectivity index (χ1v) is 7.46. The quantitative estimate of drug-likeness (QED) is 0.850. The molecule has 8 heteroatoms. The molecule has 112 valence electrons. The first-order valence-electron chi connectivity index (χ1n) is 6.58. The average Bonchev–Trinajstić information content (AvgIpc) is 3.05. The molecular formula is C13H15N3O4S. The number of nitrogens with zero attached hydrogens (tertiary/aromatic N) is 3. The number of carbonyl (C=O) groups excluding carboxylic acids is 1. The minimum Gasteiger partial charge on any atom is -0.480 e. The van der Waals surface area contributed by atoms with Gasteiger partial charge in [-0.2, -0.15) is 0 Å². The van der Waals surface area contributed by atoms with Crippen molar-refractivity contribution >= 4 is 28.2 Å². The van der Waals surface area contributed by atoms with Gasteiger partial charge in [0.05, 0.1) is 18.2 Å². The molecule has 0 bridgehead atoms. The number of likely N-dealkylation sites (tertiary alicyclic amines) is 1. The van der Waals surface area contributed by atoms with Crippen LogP contribution in [0.25, 0.3) is 4.96 Å². The Labute approximate surface area is 124 Å². The fourth-order valence-electron chi connectivity index (χ4n) is 2.65. The molecule has 0 saturated carbocycles. The van der Waals surface area contributed by atoms with Gasteiger partial charge < -0.3 is 15.1 Å². The van der Waals surface area contributed by atoms with Gasteiger partial charge in [-0.15, -0.1) is 11.3 Å². The fourth-order valence-corrected chi connectivity index (χ4v) is 3.57. The van der Waals surface area contributed by atoms with E-state index in [-0.39, 0.29) is 25.3 Å². The summed E-state index contributed by atoms with van der Waals surface area (Å²) >= 11 is 1.44. The maximum Gasteiger partial charge on any atom is 0.326 e. The standard InChI is InChI=1S/C13H15N3O4S/c1-7-4-15-8(6-21-13(15)14-7)2-11(18)16-5-9(17)3-10(16)12(19)20/h4,6,9-10,17H,2-3,5H2,1H3,(H,19,20)/t9?,10-/m0/s1. The Morgan fingerprint density at radius 2 is 2.29 bits per heavy atom. The number of fused-ring (bicyclic) bond motifs is 1. The number of aromatic nitrogens is 2. The first kappa shape index (κ1) is 14.0. The number of carboxylic acid groups (broad SMARTS) is 1. The lowest BCUT2D eigenvalue weighted by Crippen LogP contribution is -2.41. The molecule has 2 N–H and O–H groups in total. The molecule has 1 aliphatic heterocycles. The minimum absolute atomic E-state index is 0.0754. The fraction of sp³-hybridized carbons (Fsp3) is 0.462. The summed E-state index contributed by atoms with van der Waals surface area (Å²) in [7, 11) is 0. The number of rotatable bonds is 3. The molecular weight excluding hydrogens is 294 g/mol. The summed E-state index contributed by atoms with van der Waals surface area (Å²) in [5.74, 6) is -1.36. The molecule has 1 amide bonds. The van der Waals surface area contributed by atoms with Crippen LogP contribution in [0.3, 0.4) is 0 Å². The van der Waals surface area contributed by atoms with Crippen LogP contribution in [0.2, 0.25) is 0 Å². The lowest BCUT2D eigenvalue weighted by Gasteiger charge is -2.20. The molecule has 21 heavy (non-hydrogen) atoms. The number of amides is 1. The molecule has 3 rings (SSSR count). The van der Waals surface area contributed by atoms with Crippen molar-refractivity contribution in [2.45, 2.75) is 31.9 Å². The summed E-state index contributed by atoms with van der Waals surface area (Å²) in [6, 6.07) is -0.939. The Bertz CT molecular complexity index is 707. The molecule has 0 radical (unpaired) electrons. The zero-order valence-corrected chi connectivity index (χ0v) is 12.2. The van der Waals surface area contributed by atoms with Gasteiger partial charge in [0.15, 0.2) is 4.96 Å². The summed E-state index contributed by atoms with van der Waals surface area (Å²) in [4.78, 5) is 29.9. The van der Waals surface area contributed by atoms with Crippen LogP contribution in [0.5, 0.6) is 0 Å². The number of aliphatic carboxylic acids is 1. The second kappa shape index (κ2) is 5.12. The normalized spacial score (nSPS) is 22.1. The number of aliphatic hydroxyl groups excluding tert-OH is 1. The van der Waals surface area contributed by atoms with Crippen LogP contribution >= 0.6 is 11.3 Å². The maximum atomic E-state index is 12.3. The zero-order valence-electron chi connectivity index (χ0n) is 11.4. The number of carboxylic acids is 1. The summed E-state index contributed by atoms with van der Waals surface area (Å²) in [6.07, 6.45) is 1.27. The number of imidazole rings is 1. The maximum absolute atomic E-state index is 12.3. The predicted octanol–water partition coefficient (Wildman–Crippen LogP) is 0.293. The van der Waals surface area contributed by atoms with Crippen molar-refractivity contribution in [3.05, 3.63) is 23.0 Å². The van der Waals surface area contributed by atoms with Crippen LogP contribution in [-0.4, -0.2) is 55.1 Å². The van der Waals surface area contributed by atoms with Crippen molar-refractivity contribution in [2.75, 3.05) is 6.54 Å². The SMILES string of the molecule is Cc1cn2c(CC(=O)N3CC(O)C[C@H]3C(=O)O)csc2n1. The molecule has 3 heterocycles. The lowest BCUT2D eigenvalue weighted by atomic mass is 10.2. The van der Waals surface area contributed by atoms with Gasteiger partial charge in [-0.05, 0) is 6.92 Å². The zero-order chi connectivity index (χ0) is 15.1. The van der Waals surface area contributed by atoms with E-state index in [1.165, 1.54) is 16.2 Å². The monoisotopic (exact) mass is 309 g/mol. The third kappa shape index (κ3) is 2.52. The Kier molecular flexibility index (Phi) is 3.42. The van der Waals surface area contributed by atoms with Crippen molar-refractivity contribution in [1.82, 2.24) is 14.3 Å². The Balaban J connectivity index is 1.81. The van der Waals surface area contributed by atoms with Gasteiger partial charge >= 0.3 is 5.97 Å². The number of hydrogen-bond acceptors (Lipinski definition) is 5. The lowest BCUT2D eigenvalue weighted by molar-refractivity contribution is -0.148. The first-order chi connectivity index (χ1) is 9.95. The van der Waals surface area contributed by atoms with Gasteiger partial charge in [0, 0.05) is 30.2 Å². The molecule has 7 nitrogen and oxygen atoms in total. The number of carbonyl (C=O) groups is 2. The van der Waals surface area contributed by atoms with Gasteiger partial charge in [-0.25, -0.2) is 9.78 Å². The number of hydrogen-bond donors (Lipinski definition) is 2. The van der Waals surface area contributed by atoms with Crippen molar-refractivity contribution < 1.29 is 19.8 Å². The molecule has 1 aliphatic rings. The van der Waals surface area contributed by atoms with E-state index in [0.717, 1.165) is 16.3 Å². The van der Waals surface area contributed by atoms with E-state index in [4.69, 9.17) is 5.11 Å². The van der Waals surface area contributed by atoms with Gasteiger partial charge in [-0.3, -0.25) is 9.20 Å². The van der Waals surface area contributed by atoms with Crippen LogP contribution in [0, 0.1) is 6.92 Å². The third-order valence-electron chi connectivity index (χ3n) is 3.62. The van der Waals surface area contributed by atoms with Crippen molar-refractivity contribution in [2.24, 2.45) is 0 Å². The van der Waals surface area contributed by atoms with Crippen molar-refractivity contribution in [3.8, 4) is 0 Å². The molecule has 1 fully saturated rings. The number of β-amino-alcohol motifs (C(OH)–C–C–N with tert-alkyl or cyclic N) is 1. The van der Waals surface area contributed by atoms with Crippen LogP contribution in [0.1, 0.15) is 17.8 Å². The van der Waals surface area contributed by atoms with E-state index in [1.54, 1.807) is 0 Å². The number of thiazole rings is 1. The van der Waals surface area contributed by atoms with Gasteiger partial charge in [0.25, 0.3) is 0 Å². The van der Waals surface area contributed by atoms with Crippen LogP contribution in [-0.2, 0) is 16.0 Å². The van der Waals surface area contributed by atoms with Crippen LogP contribution in [0.15, 0.2) is 11.6 Å². The highest BCUT2D eigenvalue weighted by molar-refractivity contribution is 7.15. The second-order valence-electron chi connectivity index (χ2n) is 5.23. The average molecular weight is 309 g/mol. The van der Waals surface area contributed by atoms with Gasteiger partial charge in [-0.1, -0.05) is 0 Å². The molecule has 2 atom stereocenters.